The maximum atomic E-state index is 10.5. The molecule has 1 saturated heterocycles. The second kappa shape index (κ2) is 7.73. The first-order chi connectivity index (χ1) is 13.7. The Hall–Kier alpha value is -3.33. The number of phenolic OH excluding ortho intramolecular Hbond substituents is 1. The lowest BCUT2D eigenvalue weighted by Gasteiger charge is -2.15. The number of rotatable bonds is 5. The fourth-order valence-electron chi connectivity index (χ4n) is 3.27. The zero-order valence-electron chi connectivity index (χ0n) is 15.8. The van der Waals surface area contributed by atoms with Crippen molar-refractivity contribution in [3.8, 4) is 28.3 Å². The number of aromatic hydroxyl groups is 1. The first-order valence-electron chi connectivity index (χ1n) is 9.13. The number of anilines is 2. The van der Waals surface area contributed by atoms with E-state index in [1.165, 1.54) is 6.33 Å². The summed E-state index contributed by atoms with van der Waals surface area (Å²) in [6.45, 7) is 1.77. The highest BCUT2D eigenvalue weighted by molar-refractivity contribution is 5.73. The van der Waals surface area contributed by atoms with E-state index in [2.05, 4.69) is 40.7 Å². The van der Waals surface area contributed by atoms with Gasteiger partial charge in [0.2, 0.25) is 5.95 Å². The smallest absolute Gasteiger partial charge is 0.245 e. The van der Waals surface area contributed by atoms with Crippen molar-refractivity contribution in [1.29, 1.82) is 0 Å². The number of likely N-dealkylation sites (N-methyl/N-ethyl adjacent to an activating group) is 1. The summed E-state index contributed by atoms with van der Waals surface area (Å²) in [7, 11) is 3.76. The van der Waals surface area contributed by atoms with Gasteiger partial charge in [-0.2, -0.15) is 0 Å². The molecule has 0 aliphatic carbocycles. The minimum absolute atomic E-state index is 0.0994. The largest absolute Gasteiger partial charge is 0.507 e. The Labute approximate surface area is 162 Å². The normalized spacial score (nSPS) is 16.4. The molecule has 4 rings (SSSR count). The first kappa shape index (κ1) is 18.1. The van der Waals surface area contributed by atoms with E-state index in [4.69, 9.17) is 0 Å². The van der Waals surface area contributed by atoms with Crippen LogP contribution in [0.4, 0.5) is 11.8 Å². The minimum atomic E-state index is 0.0994. The van der Waals surface area contributed by atoms with E-state index in [-0.39, 0.29) is 5.75 Å². The van der Waals surface area contributed by atoms with Gasteiger partial charge in [0.05, 0.1) is 11.9 Å². The Bertz CT molecular complexity index is 962. The van der Waals surface area contributed by atoms with Crippen LogP contribution in [0.3, 0.4) is 0 Å². The zero-order valence-corrected chi connectivity index (χ0v) is 15.8. The minimum Gasteiger partial charge on any atom is -0.507 e. The second-order valence-corrected chi connectivity index (χ2v) is 6.63. The van der Waals surface area contributed by atoms with Crippen LogP contribution in [0, 0.1) is 0 Å². The van der Waals surface area contributed by atoms with Crippen LogP contribution >= 0.6 is 0 Å². The summed E-state index contributed by atoms with van der Waals surface area (Å²) in [5, 5.41) is 25.3. The van der Waals surface area contributed by atoms with Gasteiger partial charge in [0.15, 0.2) is 0 Å². The highest BCUT2D eigenvalue weighted by Gasteiger charge is 2.23. The van der Waals surface area contributed by atoms with E-state index in [0.29, 0.717) is 34.8 Å². The number of hydrogen-bond acceptors (Lipinski definition) is 9. The van der Waals surface area contributed by atoms with E-state index >= 15 is 0 Å². The predicted molar refractivity (Wildman–Crippen MR) is 107 cm³/mol. The molecule has 3 heterocycles. The van der Waals surface area contributed by atoms with E-state index in [9.17, 15) is 5.11 Å². The molecule has 2 aromatic heterocycles. The molecule has 0 bridgehead atoms. The van der Waals surface area contributed by atoms with E-state index < -0.39 is 0 Å². The van der Waals surface area contributed by atoms with Crippen molar-refractivity contribution < 1.29 is 5.11 Å². The third-order valence-corrected chi connectivity index (χ3v) is 4.92. The van der Waals surface area contributed by atoms with Crippen LogP contribution < -0.4 is 15.5 Å². The van der Waals surface area contributed by atoms with Crippen molar-refractivity contribution in [3.63, 3.8) is 0 Å². The summed E-state index contributed by atoms with van der Waals surface area (Å²) in [5.74, 6) is 1.42. The van der Waals surface area contributed by atoms with Crippen LogP contribution in [0.25, 0.3) is 22.5 Å². The molecule has 0 radical (unpaired) electrons. The van der Waals surface area contributed by atoms with Gasteiger partial charge in [-0.1, -0.05) is 6.07 Å². The fraction of sp³-hybridized carbons (Fsp3) is 0.316. The van der Waals surface area contributed by atoms with Crippen molar-refractivity contribution in [3.05, 3.63) is 36.8 Å². The van der Waals surface area contributed by atoms with Gasteiger partial charge >= 0.3 is 0 Å². The van der Waals surface area contributed by atoms with Gasteiger partial charge in [-0.05, 0) is 25.6 Å². The number of aromatic nitrogens is 5. The molecule has 0 amide bonds. The summed E-state index contributed by atoms with van der Waals surface area (Å²) >= 11 is 0. The van der Waals surface area contributed by atoms with Crippen molar-refractivity contribution in [1.82, 2.24) is 30.5 Å². The Morgan fingerprint density at radius 3 is 2.64 bits per heavy atom. The molecular formula is C19H22N8O. The number of nitrogens with one attached hydrogen (secondary N) is 2. The van der Waals surface area contributed by atoms with Gasteiger partial charge < -0.3 is 20.6 Å². The van der Waals surface area contributed by atoms with Crippen molar-refractivity contribution in [2.75, 3.05) is 37.4 Å². The molecule has 1 atom stereocenters. The zero-order chi connectivity index (χ0) is 19.5. The standard InChI is InChI=1S/C19H22N8O/c1-20-13-5-6-27(10-13)19-22-9-16(25-26-19)14-4-3-12(7-17(14)28)15-8-18(21-2)24-11-23-15/h3-4,7-9,11,13,20,28H,5-6,10H2,1-2H3,(H,21,23,24). The summed E-state index contributed by atoms with van der Waals surface area (Å²) in [4.78, 5) is 14.9. The molecule has 1 aromatic carbocycles. The lowest BCUT2D eigenvalue weighted by atomic mass is 10.1. The summed E-state index contributed by atoms with van der Waals surface area (Å²) < 4.78 is 0. The molecule has 1 aliphatic rings. The van der Waals surface area contributed by atoms with E-state index in [1.807, 2.05) is 19.2 Å². The Balaban J connectivity index is 1.56. The van der Waals surface area contributed by atoms with Crippen LogP contribution in [-0.4, -0.2) is 63.5 Å². The van der Waals surface area contributed by atoms with Crippen LogP contribution in [0.5, 0.6) is 5.75 Å². The molecule has 1 unspecified atom stereocenters. The molecule has 28 heavy (non-hydrogen) atoms. The number of phenols is 1. The maximum Gasteiger partial charge on any atom is 0.245 e. The molecule has 9 nitrogen and oxygen atoms in total. The fourth-order valence-corrected chi connectivity index (χ4v) is 3.27. The molecular weight excluding hydrogens is 356 g/mol. The molecule has 144 valence electrons. The highest BCUT2D eigenvalue weighted by atomic mass is 16.3. The number of nitrogens with zero attached hydrogens (tertiary/aromatic N) is 6. The average Bonchev–Trinajstić information content (AvgIpc) is 3.23. The quantitative estimate of drug-likeness (QED) is 0.608. The van der Waals surface area contributed by atoms with Gasteiger partial charge in [0.1, 0.15) is 23.6 Å². The topological polar surface area (TPSA) is 112 Å². The summed E-state index contributed by atoms with van der Waals surface area (Å²) in [5.41, 5.74) is 2.60. The molecule has 0 spiro atoms. The van der Waals surface area contributed by atoms with E-state index in [0.717, 1.165) is 25.1 Å². The number of hydrogen-bond donors (Lipinski definition) is 3. The predicted octanol–water partition coefficient (Wildman–Crippen LogP) is 1.54. The average molecular weight is 378 g/mol. The highest BCUT2D eigenvalue weighted by Crippen LogP contribution is 2.32. The maximum absolute atomic E-state index is 10.5. The molecule has 3 N–H and O–H groups in total. The van der Waals surface area contributed by atoms with Gasteiger partial charge in [0.25, 0.3) is 0 Å². The van der Waals surface area contributed by atoms with Crippen molar-refractivity contribution in [2.24, 2.45) is 0 Å². The third-order valence-electron chi connectivity index (χ3n) is 4.92. The van der Waals surface area contributed by atoms with E-state index in [1.54, 1.807) is 25.4 Å². The Morgan fingerprint density at radius 1 is 1.07 bits per heavy atom. The lowest BCUT2D eigenvalue weighted by Crippen LogP contribution is -2.30. The van der Waals surface area contributed by atoms with Crippen LogP contribution in [0.15, 0.2) is 36.8 Å². The van der Waals surface area contributed by atoms with Gasteiger partial charge in [-0.3, -0.25) is 0 Å². The van der Waals surface area contributed by atoms with Crippen molar-refractivity contribution in [2.45, 2.75) is 12.5 Å². The lowest BCUT2D eigenvalue weighted by molar-refractivity contribution is 0.477. The summed E-state index contributed by atoms with van der Waals surface area (Å²) in [6.07, 6.45) is 4.19. The van der Waals surface area contributed by atoms with Crippen LogP contribution in [0.2, 0.25) is 0 Å². The molecule has 1 fully saturated rings. The van der Waals surface area contributed by atoms with Crippen molar-refractivity contribution >= 4 is 11.8 Å². The third kappa shape index (κ3) is 3.56. The van der Waals surface area contributed by atoms with Crippen LogP contribution in [-0.2, 0) is 0 Å². The molecule has 1 aliphatic heterocycles. The van der Waals surface area contributed by atoms with Gasteiger partial charge in [-0.25, -0.2) is 15.0 Å². The van der Waals surface area contributed by atoms with Gasteiger partial charge in [-0.15, -0.1) is 10.2 Å². The SMILES string of the molecule is CNc1cc(-c2ccc(-c3cnc(N4CCC(NC)C4)nn3)c(O)c2)ncn1. The second-order valence-electron chi connectivity index (χ2n) is 6.63. The van der Waals surface area contributed by atoms with Crippen LogP contribution in [0.1, 0.15) is 6.42 Å². The summed E-state index contributed by atoms with van der Waals surface area (Å²) in [6, 6.07) is 7.60. The Morgan fingerprint density at radius 2 is 1.96 bits per heavy atom. The van der Waals surface area contributed by atoms with Gasteiger partial charge in [0, 0.05) is 43.4 Å². The molecule has 9 heteroatoms. The molecule has 0 saturated carbocycles. The number of benzene rings is 1. The first-order valence-corrected chi connectivity index (χ1v) is 9.13. The Kier molecular flexibility index (Phi) is 4.98. The monoisotopic (exact) mass is 378 g/mol. The molecule has 3 aromatic rings.